The lowest BCUT2D eigenvalue weighted by Crippen LogP contribution is -2.29. The molecule has 0 aliphatic carbocycles. The van der Waals surface area contributed by atoms with Gasteiger partial charge in [-0.2, -0.15) is 0 Å². The minimum absolute atomic E-state index is 0.0618. The zero-order chi connectivity index (χ0) is 22.1. The van der Waals surface area contributed by atoms with Gasteiger partial charge in [0.2, 0.25) is 12.6 Å². The largest absolute Gasteiger partial charge is 0.425 e. The predicted octanol–water partition coefficient (Wildman–Crippen LogP) is 4.05. The maximum absolute atomic E-state index is 11.7. The van der Waals surface area contributed by atoms with E-state index in [1.165, 1.54) is 13.8 Å². The first-order valence-electron chi connectivity index (χ1n) is 9.08. The Hall–Kier alpha value is -1.77. The second-order valence-electron chi connectivity index (χ2n) is 8.26. The van der Waals surface area contributed by atoms with Crippen molar-refractivity contribution in [1.29, 1.82) is 0 Å². The molecule has 0 rings (SSSR count). The van der Waals surface area contributed by atoms with Crippen LogP contribution in [0.1, 0.15) is 68.2 Å². The van der Waals surface area contributed by atoms with Crippen LogP contribution in [0.15, 0.2) is 0 Å². The second kappa shape index (κ2) is 11.3. The number of hydrogen-bond acceptors (Lipinski definition) is 9. The van der Waals surface area contributed by atoms with E-state index in [0.717, 1.165) is 11.8 Å². The van der Waals surface area contributed by atoms with Gasteiger partial charge in [-0.15, -0.1) is 0 Å². The monoisotopic (exact) mass is 420 g/mol. The highest BCUT2D eigenvalue weighted by Gasteiger charge is 2.27. The van der Waals surface area contributed by atoms with Gasteiger partial charge in [-0.3, -0.25) is 14.4 Å². The van der Waals surface area contributed by atoms with Gasteiger partial charge >= 0.3 is 23.2 Å². The van der Waals surface area contributed by atoms with Crippen LogP contribution in [-0.4, -0.2) is 41.5 Å². The Morgan fingerprint density at radius 1 is 0.750 bits per heavy atom. The smallest absolute Gasteiger partial charge is 0.370 e. The van der Waals surface area contributed by atoms with E-state index in [1.54, 1.807) is 41.5 Å². The first kappa shape index (κ1) is 26.2. The van der Waals surface area contributed by atoms with E-state index < -0.39 is 46.6 Å². The number of rotatable bonds is 8. The number of hydrogen-bond donors (Lipinski definition) is 0. The van der Waals surface area contributed by atoms with Crippen molar-refractivity contribution < 1.29 is 38.1 Å². The Morgan fingerprint density at radius 2 is 1.18 bits per heavy atom. The van der Waals surface area contributed by atoms with Gasteiger partial charge in [0.05, 0.1) is 10.8 Å². The molecule has 0 fully saturated rings. The van der Waals surface area contributed by atoms with Crippen LogP contribution in [0.5, 0.6) is 0 Å². The summed E-state index contributed by atoms with van der Waals surface area (Å²) in [4.78, 5) is 46.8. The minimum atomic E-state index is -0.991. The summed E-state index contributed by atoms with van der Waals surface area (Å²) >= 11 is 0.869. The first-order chi connectivity index (χ1) is 12.6. The third kappa shape index (κ3) is 11.8. The average molecular weight is 421 g/mol. The molecular weight excluding hydrogens is 388 g/mol. The van der Waals surface area contributed by atoms with Gasteiger partial charge in [-0.25, -0.2) is 4.79 Å². The molecule has 162 valence electrons. The van der Waals surface area contributed by atoms with Crippen molar-refractivity contribution in [3.05, 3.63) is 0 Å². The molecule has 0 aliphatic heterocycles. The van der Waals surface area contributed by atoms with Gasteiger partial charge in [-0.1, -0.05) is 0 Å². The van der Waals surface area contributed by atoms with Crippen LogP contribution in [0.4, 0.5) is 4.79 Å². The Balaban J connectivity index is 4.03. The summed E-state index contributed by atoms with van der Waals surface area (Å²) in [5.74, 6) is -1.14. The lowest BCUT2D eigenvalue weighted by atomic mass is 9.97. The predicted molar refractivity (Wildman–Crippen MR) is 104 cm³/mol. The maximum Gasteiger partial charge on any atom is 0.370 e. The molecule has 0 aromatic rings. The Bertz CT molecular complexity index is 509. The topological polar surface area (TPSA) is 105 Å². The molecule has 0 aromatic carbocycles. The fourth-order valence-electron chi connectivity index (χ4n) is 1.49. The zero-order valence-electron chi connectivity index (χ0n) is 18.0. The van der Waals surface area contributed by atoms with E-state index in [0.29, 0.717) is 12.2 Å². The molecular formula is C19H32O8S. The molecule has 0 aliphatic rings. The molecule has 0 saturated heterocycles. The lowest BCUT2D eigenvalue weighted by molar-refractivity contribution is -0.190. The minimum Gasteiger partial charge on any atom is -0.425 e. The van der Waals surface area contributed by atoms with Gasteiger partial charge in [0, 0.05) is 26.0 Å². The molecule has 0 radical (unpaired) electrons. The molecule has 2 atom stereocenters. The Morgan fingerprint density at radius 3 is 1.61 bits per heavy atom. The van der Waals surface area contributed by atoms with Crippen molar-refractivity contribution in [3.63, 3.8) is 0 Å². The fourth-order valence-corrected chi connectivity index (χ4v) is 2.15. The number of thioether (sulfide) groups is 1. The molecule has 9 heteroatoms. The highest BCUT2D eigenvalue weighted by molar-refractivity contribution is 8.13. The highest BCUT2D eigenvalue weighted by Crippen LogP contribution is 2.19. The molecule has 0 saturated carbocycles. The van der Waals surface area contributed by atoms with Crippen LogP contribution in [0.25, 0.3) is 0 Å². The second-order valence-corrected chi connectivity index (χ2v) is 9.29. The summed E-state index contributed by atoms with van der Waals surface area (Å²) in [6.45, 7) is 13.1. The van der Waals surface area contributed by atoms with E-state index in [-0.39, 0.29) is 6.42 Å². The SMILES string of the molecule is C[C@H](OC(=O)CCCSC(=O)O[C@@H](C)OC(=O)C(C)(C)C)OC(=O)C(C)(C)C. The molecule has 0 aromatic heterocycles. The summed E-state index contributed by atoms with van der Waals surface area (Å²) in [5.41, 5.74) is -1.37. The van der Waals surface area contributed by atoms with Crippen molar-refractivity contribution in [2.24, 2.45) is 10.8 Å². The lowest BCUT2D eigenvalue weighted by Gasteiger charge is -2.21. The standard InChI is InChI=1S/C19H32O8S/c1-12(25-15(21)18(3,4)5)24-14(20)10-9-11-28-17(23)27-13(2)26-16(22)19(6,7)8/h12-13H,9-11H2,1-8H3/t12-,13+/m1/s1. The van der Waals surface area contributed by atoms with Crippen LogP contribution in [0.3, 0.4) is 0 Å². The summed E-state index contributed by atoms with van der Waals surface area (Å²) in [7, 11) is 0. The van der Waals surface area contributed by atoms with Gasteiger partial charge in [0.25, 0.3) is 0 Å². The van der Waals surface area contributed by atoms with Crippen LogP contribution in [0, 0.1) is 10.8 Å². The normalized spacial score (nSPS) is 13.9. The van der Waals surface area contributed by atoms with Crippen LogP contribution < -0.4 is 0 Å². The highest BCUT2D eigenvalue weighted by atomic mass is 32.2. The number of esters is 3. The van der Waals surface area contributed by atoms with Gasteiger partial charge < -0.3 is 18.9 Å². The fraction of sp³-hybridized carbons (Fsp3) is 0.789. The third-order valence-electron chi connectivity index (χ3n) is 3.08. The zero-order valence-corrected chi connectivity index (χ0v) is 18.8. The van der Waals surface area contributed by atoms with E-state index in [4.69, 9.17) is 18.9 Å². The van der Waals surface area contributed by atoms with Crippen molar-refractivity contribution >= 4 is 35.0 Å². The molecule has 0 heterocycles. The molecule has 0 N–H and O–H groups in total. The Kier molecular flexibility index (Phi) is 10.6. The maximum atomic E-state index is 11.7. The average Bonchev–Trinajstić information content (AvgIpc) is 2.49. The van der Waals surface area contributed by atoms with E-state index >= 15 is 0 Å². The van der Waals surface area contributed by atoms with Gasteiger partial charge in [-0.05, 0) is 59.7 Å². The van der Waals surface area contributed by atoms with Crippen molar-refractivity contribution in [1.82, 2.24) is 0 Å². The van der Waals surface area contributed by atoms with E-state index in [1.807, 2.05) is 0 Å². The molecule has 0 bridgehead atoms. The molecule has 28 heavy (non-hydrogen) atoms. The van der Waals surface area contributed by atoms with Crippen LogP contribution >= 0.6 is 11.8 Å². The van der Waals surface area contributed by atoms with Crippen molar-refractivity contribution in [3.8, 4) is 0 Å². The van der Waals surface area contributed by atoms with Crippen LogP contribution in [0.2, 0.25) is 0 Å². The molecule has 0 spiro atoms. The van der Waals surface area contributed by atoms with Crippen LogP contribution in [-0.2, 0) is 33.3 Å². The van der Waals surface area contributed by atoms with Gasteiger partial charge in [0.15, 0.2) is 0 Å². The molecule has 0 amide bonds. The van der Waals surface area contributed by atoms with Crippen molar-refractivity contribution in [2.45, 2.75) is 80.8 Å². The summed E-state index contributed by atoms with van der Waals surface area (Å²) in [6.07, 6.45) is -1.54. The molecule has 0 unspecified atom stereocenters. The van der Waals surface area contributed by atoms with E-state index in [2.05, 4.69) is 0 Å². The van der Waals surface area contributed by atoms with Gasteiger partial charge in [0.1, 0.15) is 0 Å². The quantitative estimate of drug-likeness (QED) is 0.326. The first-order valence-corrected chi connectivity index (χ1v) is 10.1. The third-order valence-corrected chi connectivity index (χ3v) is 3.90. The molecule has 8 nitrogen and oxygen atoms in total. The van der Waals surface area contributed by atoms with Crippen molar-refractivity contribution in [2.75, 3.05) is 5.75 Å². The number of carbonyl (C=O) groups is 4. The van der Waals surface area contributed by atoms with E-state index in [9.17, 15) is 19.2 Å². The Labute approximate surface area is 171 Å². The number of carbonyl (C=O) groups excluding carboxylic acids is 4. The number of ether oxygens (including phenoxy) is 4. The summed E-state index contributed by atoms with van der Waals surface area (Å²) in [6, 6.07) is 0. The summed E-state index contributed by atoms with van der Waals surface area (Å²) < 4.78 is 20.0. The summed E-state index contributed by atoms with van der Waals surface area (Å²) in [5, 5.41) is -0.602.